The van der Waals surface area contributed by atoms with E-state index in [4.69, 9.17) is 4.74 Å². The molecule has 2 aliphatic heterocycles. The summed E-state index contributed by atoms with van der Waals surface area (Å²) in [6, 6.07) is 20.9. The van der Waals surface area contributed by atoms with Crippen molar-refractivity contribution in [2.45, 2.75) is 50.3 Å². The quantitative estimate of drug-likeness (QED) is 0.806. The highest BCUT2D eigenvalue weighted by Gasteiger charge is 2.51. The van der Waals surface area contributed by atoms with Gasteiger partial charge in [0.15, 0.2) is 0 Å². The van der Waals surface area contributed by atoms with Crippen LogP contribution in [0.3, 0.4) is 0 Å². The van der Waals surface area contributed by atoms with Gasteiger partial charge in [0.1, 0.15) is 5.72 Å². The van der Waals surface area contributed by atoms with Crippen molar-refractivity contribution in [3.05, 3.63) is 71.8 Å². The van der Waals surface area contributed by atoms with Crippen molar-refractivity contribution in [2.75, 3.05) is 6.61 Å². The predicted octanol–water partition coefficient (Wildman–Crippen LogP) is 4.49. The van der Waals surface area contributed by atoms with Gasteiger partial charge in [-0.2, -0.15) is 0 Å². The molecule has 4 rings (SSSR count). The van der Waals surface area contributed by atoms with Gasteiger partial charge in [0, 0.05) is 6.42 Å². The maximum absolute atomic E-state index is 12.7. The minimum atomic E-state index is -0.398. The lowest BCUT2D eigenvalue weighted by molar-refractivity contribution is -0.162. The summed E-state index contributed by atoms with van der Waals surface area (Å²) in [4.78, 5) is 14.8. The molecule has 0 aliphatic carbocycles. The van der Waals surface area contributed by atoms with Gasteiger partial charge in [0.25, 0.3) is 0 Å². The van der Waals surface area contributed by atoms with E-state index in [0.29, 0.717) is 13.0 Å². The SMILES string of the molecule is O=C1CCC[C@]2(CCCc3ccccc3)OC[C@@H](c3ccccc3)N12. The highest BCUT2D eigenvalue weighted by atomic mass is 16.5. The fourth-order valence-corrected chi connectivity index (χ4v) is 4.34. The van der Waals surface area contributed by atoms with E-state index in [-0.39, 0.29) is 11.9 Å². The first kappa shape index (κ1) is 16.3. The van der Waals surface area contributed by atoms with Crippen molar-refractivity contribution in [1.29, 1.82) is 0 Å². The van der Waals surface area contributed by atoms with Crippen molar-refractivity contribution in [3.8, 4) is 0 Å². The second-order valence-corrected chi connectivity index (χ2v) is 7.14. The summed E-state index contributed by atoms with van der Waals surface area (Å²) in [7, 11) is 0. The zero-order chi connectivity index (χ0) is 17.1. The van der Waals surface area contributed by atoms with Crippen LogP contribution in [-0.4, -0.2) is 23.1 Å². The van der Waals surface area contributed by atoms with Gasteiger partial charge in [-0.25, -0.2) is 0 Å². The van der Waals surface area contributed by atoms with Crippen LogP contribution in [0.2, 0.25) is 0 Å². The summed E-state index contributed by atoms with van der Waals surface area (Å²) in [5.41, 5.74) is 2.14. The lowest BCUT2D eigenvalue weighted by Gasteiger charge is -2.43. The molecule has 0 N–H and O–H groups in total. The molecule has 0 bridgehead atoms. The Bertz CT molecular complexity index is 715. The van der Waals surface area contributed by atoms with Crippen LogP contribution >= 0.6 is 0 Å². The van der Waals surface area contributed by atoms with Gasteiger partial charge in [-0.1, -0.05) is 60.7 Å². The number of benzene rings is 2. The lowest BCUT2D eigenvalue weighted by atomic mass is 9.90. The number of hydrogen-bond acceptors (Lipinski definition) is 2. The highest BCUT2D eigenvalue weighted by Crippen LogP contribution is 2.46. The number of rotatable bonds is 5. The Morgan fingerprint density at radius 2 is 1.76 bits per heavy atom. The van der Waals surface area contributed by atoms with Crippen LogP contribution < -0.4 is 0 Å². The molecule has 2 atom stereocenters. The van der Waals surface area contributed by atoms with E-state index in [2.05, 4.69) is 41.3 Å². The number of nitrogens with zero attached hydrogens (tertiary/aromatic N) is 1. The zero-order valence-electron chi connectivity index (χ0n) is 14.6. The molecule has 0 aromatic heterocycles. The fraction of sp³-hybridized carbons (Fsp3) is 0.409. The first-order valence-electron chi connectivity index (χ1n) is 9.33. The van der Waals surface area contributed by atoms with Crippen molar-refractivity contribution in [3.63, 3.8) is 0 Å². The van der Waals surface area contributed by atoms with E-state index in [1.165, 1.54) is 11.1 Å². The molecule has 0 radical (unpaired) electrons. The van der Waals surface area contributed by atoms with Crippen LogP contribution in [0.5, 0.6) is 0 Å². The number of hydrogen-bond donors (Lipinski definition) is 0. The van der Waals surface area contributed by atoms with Gasteiger partial charge in [-0.3, -0.25) is 4.79 Å². The molecule has 0 saturated carbocycles. The first-order valence-corrected chi connectivity index (χ1v) is 9.33. The van der Waals surface area contributed by atoms with E-state index in [1.807, 2.05) is 24.3 Å². The number of carbonyl (C=O) groups is 1. The third-order valence-electron chi connectivity index (χ3n) is 5.55. The normalized spacial score (nSPS) is 25.8. The van der Waals surface area contributed by atoms with Crippen molar-refractivity contribution in [2.24, 2.45) is 0 Å². The molecular formula is C22H25NO2. The molecule has 2 aromatic rings. The summed E-state index contributed by atoms with van der Waals surface area (Å²) in [5, 5.41) is 0. The predicted molar refractivity (Wildman–Crippen MR) is 97.9 cm³/mol. The van der Waals surface area contributed by atoms with Crippen LogP contribution in [0.15, 0.2) is 60.7 Å². The third kappa shape index (κ3) is 3.21. The number of carbonyl (C=O) groups excluding carboxylic acids is 1. The second-order valence-electron chi connectivity index (χ2n) is 7.14. The molecule has 0 spiro atoms. The molecule has 2 aromatic carbocycles. The molecule has 3 nitrogen and oxygen atoms in total. The van der Waals surface area contributed by atoms with E-state index in [9.17, 15) is 4.79 Å². The summed E-state index contributed by atoms with van der Waals surface area (Å²) < 4.78 is 6.33. The lowest BCUT2D eigenvalue weighted by Crippen LogP contribution is -2.52. The summed E-state index contributed by atoms with van der Waals surface area (Å²) in [6.45, 7) is 0.612. The van der Waals surface area contributed by atoms with E-state index >= 15 is 0 Å². The van der Waals surface area contributed by atoms with Crippen LogP contribution in [0, 0.1) is 0 Å². The van der Waals surface area contributed by atoms with E-state index in [1.54, 1.807) is 0 Å². The number of aryl methyl sites for hydroxylation is 1. The Morgan fingerprint density at radius 1 is 1.04 bits per heavy atom. The van der Waals surface area contributed by atoms with Crippen LogP contribution in [0.4, 0.5) is 0 Å². The van der Waals surface area contributed by atoms with Gasteiger partial charge >= 0.3 is 0 Å². The third-order valence-corrected chi connectivity index (χ3v) is 5.55. The average molecular weight is 335 g/mol. The van der Waals surface area contributed by atoms with E-state index in [0.717, 1.165) is 32.1 Å². The maximum Gasteiger partial charge on any atom is 0.225 e. The molecule has 25 heavy (non-hydrogen) atoms. The Labute approximate surface area is 149 Å². The minimum absolute atomic E-state index is 0.0609. The number of amides is 1. The summed E-state index contributed by atoms with van der Waals surface area (Å²) in [6.07, 6.45) is 5.52. The van der Waals surface area contributed by atoms with Gasteiger partial charge in [0.05, 0.1) is 12.6 Å². The maximum atomic E-state index is 12.7. The number of fused-ring (bicyclic) bond motifs is 1. The smallest absolute Gasteiger partial charge is 0.225 e. The monoisotopic (exact) mass is 335 g/mol. The Kier molecular flexibility index (Phi) is 4.58. The molecular weight excluding hydrogens is 310 g/mol. The summed E-state index contributed by atoms with van der Waals surface area (Å²) in [5.74, 6) is 0.248. The van der Waals surface area contributed by atoms with Gasteiger partial charge in [-0.15, -0.1) is 0 Å². The largest absolute Gasteiger partial charge is 0.353 e. The van der Waals surface area contributed by atoms with Crippen LogP contribution in [0.1, 0.15) is 49.3 Å². The topological polar surface area (TPSA) is 29.5 Å². The standard InChI is InChI=1S/C22H25NO2/c24-21-14-8-16-22(15-7-11-18-9-3-1-4-10-18)23(21)20(17-25-22)19-12-5-2-6-13-19/h1-6,9-10,12-13,20H,7-8,11,14-17H2/t20-,22-/m0/s1. The second kappa shape index (κ2) is 7.01. The molecule has 0 unspecified atom stereocenters. The van der Waals surface area contributed by atoms with Gasteiger partial charge in [-0.05, 0) is 43.2 Å². The van der Waals surface area contributed by atoms with Crippen molar-refractivity contribution in [1.82, 2.24) is 4.90 Å². The first-order chi connectivity index (χ1) is 12.3. The zero-order valence-corrected chi connectivity index (χ0v) is 14.6. The molecule has 2 fully saturated rings. The average Bonchev–Trinajstić information content (AvgIpc) is 3.04. The van der Waals surface area contributed by atoms with Crippen LogP contribution in [-0.2, 0) is 16.0 Å². The molecule has 2 heterocycles. The summed E-state index contributed by atoms with van der Waals surface area (Å²) >= 11 is 0. The number of ether oxygens (including phenoxy) is 1. The molecule has 3 heteroatoms. The Hall–Kier alpha value is -2.13. The number of piperidine rings is 1. The molecule has 2 aliphatic rings. The van der Waals surface area contributed by atoms with Crippen LogP contribution in [0.25, 0.3) is 0 Å². The fourth-order valence-electron chi connectivity index (χ4n) is 4.34. The molecule has 130 valence electrons. The van der Waals surface area contributed by atoms with Gasteiger partial charge < -0.3 is 9.64 Å². The van der Waals surface area contributed by atoms with E-state index < -0.39 is 5.72 Å². The van der Waals surface area contributed by atoms with Crippen molar-refractivity contribution >= 4 is 5.91 Å². The minimum Gasteiger partial charge on any atom is -0.353 e. The van der Waals surface area contributed by atoms with Crippen molar-refractivity contribution < 1.29 is 9.53 Å². The Balaban J connectivity index is 1.51. The molecule has 1 amide bonds. The highest BCUT2D eigenvalue weighted by molar-refractivity contribution is 5.78. The Morgan fingerprint density at radius 3 is 2.52 bits per heavy atom. The van der Waals surface area contributed by atoms with Gasteiger partial charge in [0.2, 0.25) is 5.91 Å². The molecule has 2 saturated heterocycles.